The van der Waals surface area contributed by atoms with Gasteiger partial charge >= 0.3 is 0 Å². The van der Waals surface area contributed by atoms with E-state index in [0.29, 0.717) is 11.7 Å². The van der Waals surface area contributed by atoms with Gasteiger partial charge in [0.25, 0.3) is 5.89 Å². The highest BCUT2D eigenvalue weighted by Crippen LogP contribution is 2.31. The van der Waals surface area contributed by atoms with Crippen LogP contribution in [0.2, 0.25) is 0 Å². The summed E-state index contributed by atoms with van der Waals surface area (Å²) in [6, 6.07) is 28.9. The molecule has 0 bridgehead atoms. The van der Waals surface area contributed by atoms with Crippen LogP contribution in [0.25, 0.3) is 22.8 Å². The van der Waals surface area contributed by atoms with E-state index in [2.05, 4.69) is 68.5 Å². The Labute approximate surface area is 176 Å². The lowest BCUT2D eigenvalue weighted by Crippen LogP contribution is -2.46. The molecule has 0 atom stereocenters. The van der Waals surface area contributed by atoms with E-state index in [1.807, 2.05) is 36.4 Å². The average molecular weight is 396 g/mol. The number of hydrogen-bond donors (Lipinski definition) is 0. The Kier molecular flexibility index (Phi) is 5.27. The first kappa shape index (κ1) is 18.6. The number of nitrogens with zero attached hydrogens (tertiary/aromatic N) is 4. The highest BCUT2D eigenvalue weighted by molar-refractivity contribution is 5.74. The third-order valence-electron chi connectivity index (χ3n) is 5.55. The molecule has 4 aromatic rings. The second kappa shape index (κ2) is 8.51. The normalized spacial score (nSPS) is 14.7. The molecular formula is C25H24N4O. The predicted octanol–water partition coefficient (Wildman–Crippen LogP) is 4.73. The first-order valence-electron chi connectivity index (χ1n) is 10.4. The number of hydrogen-bond acceptors (Lipinski definition) is 5. The molecule has 1 aromatic heterocycles. The summed E-state index contributed by atoms with van der Waals surface area (Å²) in [5, 5.41) is 4.20. The van der Waals surface area contributed by atoms with E-state index >= 15 is 0 Å². The Balaban J connectivity index is 1.32. The van der Waals surface area contributed by atoms with Gasteiger partial charge in [-0.15, -0.1) is 0 Å². The number of para-hydroxylation sites is 1. The smallest absolute Gasteiger partial charge is 0.260 e. The Bertz CT molecular complexity index is 1090. The fourth-order valence-electron chi connectivity index (χ4n) is 3.96. The summed E-state index contributed by atoms with van der Waals surface area (Å²) in [7, 11) is 0. The van der Waals surface area contributed by atoms with E-state index in [4.69, 9.17) is 4.52 Å². The van der Waals surface area contributed by atoms with Crippen molar-refractivity contribution in [3.05, 3.63) is 90.5 Å². The van der Waals surface area contributed by atoms with Crippen molar-refractivity contribution >= 4 is 5.69 Å². The number of anilines is 1. The van der Waals surface area contributed by atoms with Crippen LogP contribution in [0.15, 0.2) is 89.5 Å². The number of piperazine rings is 1. The topological polar surface area (TPSA) is 45.4 Å². The maximum absolute atomic E-state index is 5.64. The minimum Gasteiger partial charge on any atom is -0.368 e. The molecule has 0 aliphatic carbocycles. The monoisotopic (exact) mass is 396 g/mol. The van der Waals surface area contributed by atoms with Gasteiger partial charge < -0.3 is 9.42 Å². The quantitative estimate of drug-likeness (QED) is 0.488. The molecule has 5 nitrogen and oxygen atoms in total. The van der Waals surface area contributed by atoms with E-state index in [9.17, 15) is 0 Å². The Morgan fingerprint density at radius 1 is 0.733 bits per heavy atom. The molecule has 0 saturated carbocycles. The van der Waals surface area contributed by atoms with Gasteiger partial charge in [0.15, 0.2) is 0 Å². The molecule has 0 N–H and O–H groups in total. The largest absolute Gasteiger partial charge is 0.368 e. The molecule has 1 aliphatic heterocycles. The predicted molar refractivity (Wildman–Crippen MR) is 119 cm³/mol. The molecule has 1 saturated heterocycles. The molecule has 5 rings (SSSR count). The first-order valence-corrected chi connectivity index (χ1v) is 10.4. The van der Waals surface area contributed by atoms with Crippen LogP contribution in [-0.2, 0) is 6.54 Å². The van der Waals surface area contributed by atoms with E-state index in [0.717, 1.165) is 49.5 Å². The molecule has 1 fully saturated rings. The van der Waals surface area contributed by atoms with Crippen LogP contribution in [0, 0.1) is 0 Å². The molecule has 0 radical (unpaired) electrons. The fraction of sp³-hybridized carbons (Fsp3) is 0.200. The van der Waals surface area contributed by atoms with E-state index in [-0.39, 0.29) is 0 Å². The lowest BCUT2D eigenvalue weighted by Gasteiger charge is -2.36. The summed E-state index contributed by atoms with van der Waals surface area (Å²) in [6.45, 7) is 5.01. The second-order valence-corrected chi connectivity index (χ2v) is 7.56. The van der Waals surface area contributed by atoms with Gasteiger partial charge in [-0.3, -0.25) is 4.90 Å². The van der Waals surface area contributed by atoms with Crippen LogP contribution in [0.1, 0.15) is 5.56 Å². The highest BCUT2D eigenvalue weighted by atomic mass is 16.5. The van der Waals surface area contributed by atoms with Gasteiger partial charge in [0, 0.05) is 44.0 Å². The van der Waals surface area contributed by atoms with Crippen molar-refractivity contribution in [1.82, 2.24) is 15.0 Å². The van der Waals surface area contributed by atoms with Crippen LogP contribution in [0.4, 0.5) is 5.69 Å². The minimum atomic E-state index is 0.566. The van der Waals surface area contributed by atoms with Crippen molar-refractivity contribution in [1.29, 1.82) is 0 Å². The van der Waals surface area contributed by atoms with Gasteiger partial charge in [-0.25, -0.2) is 0 Å². The summed E-state index contributed by atoms with van der Waals surface area (Å²) in [6.07, 6.45) is 0. The third-order valence-corrected chi connectivity index (χ3v) is 5.55. The van der Waals surface area contributed by atoms with Crippen LogP contribution in [0.3, 0.4) is 0 Å². The number of aromatic nitrogens is 2. The molecular weight excluding hydrogens is 372 g/mol. The van der Waals surface area contributed by atoms with Gasteiger partial charge in [0.2, 0.25) is 5.82 Å². The molecule has 150 valence electrons. The molecule has 30 heavy (non-hydrogen) atoms. The summed E-state index contributed by atoms with van der Waals surface area (Å²) >= 11 is 0. The van der Waals surface area contributed by atoms with Crippen molar-refractivity contribution in [2.75, 3.05) is 31.1 Å². The van der Waals surface area contributed by atoms with Crippen molar-refractivity contribution in [3.8, 4) is 22.8 Å². The zero-order valence-corrected chi connectivity index (χ0v) is 16.8. The lowest BCUT2D eigenvalue weighted by molar-refractivity contribution is 0.250. The molecule has 0 spiro atoms. The molecule has 1 aliphatic rings. The van der Waals surface area contributed by atoms with Crippen LogP contribution >= 0.6 is 0 Å². The van der Waals surface area contributed by atoms with Gasteiger partial charge in [-0.05, 0) is 17.7 Å². The molecule has 5 heteroatoms. The summed E-state index contributed by atoms with van der Waals surface area (Å²) in [5.74, 6) is 1.18. The van der Waals surface area contributed by atoms with Crippen LogP contribution in [0.5, 0.6) is 0 Å². The van der Waals surface area contributed by atoms with Crippen molar-refractivity contribution in [2.24, 2.45) is 0 Å². The fourth-order valence-corrected chi connectivity index (χ4v) is 3.96. The molecule has 2 heterocycles. The maximum Gasteiger partial charge on any atom is 0.260 e. The minimum absolute atomic E-state index is 0.566. The van der Waals surface area contributed by atoms with E-state index in [1.54, 1.807) is 0 Å². The number of benzene rings is 3. The Morgan fingerprint density at radius 3 is 2.17 bits per heavy atom. The average Bonchev–Trinajstić information content (AvgIpc) is 3.31. The zero-order valence-electron chi connectivity index (χ0n) is 16.8. The van der Waals surface area contributed by atoms with Gasteiger partial charge in [-0.2, -0.15) is 4.98 Å². The molecule has 0 unspecified atom stereocenters. The molecule has 0 amide bonds. The number of rotatable bonds is 5. The van der Waals surface area contributed by atoms with Gasteiger partial charge in [0.1, 0.15) is 0 Å². The van der Waals surface area contributed by atoms with Crippen molar-refractivity contribution < 1.29 is 4.52 Å². The van der Waals surface area contributed by atoms with E-state index < -0.39 is 0 Å². The van der Waals surface area contributed by atoms with Crippen molar-refractivity contribution in [2.45, 2.75) is 6.54 Å². The van der Waals surface area contributed by atoms with Gasteiger partial charge in [0.05, 0.1) is 5.56 Å². The second-order valence-electron chi connectivity index (χ2n) is 7.56. The van der Waals surface area contributed by atoms with Crippen LogP contribution < -0.4 is 4.90 Å². The molecule has 3 aromatic carbocycles. The third kappa shape index (κ3) is 3.98. The standard InChI is InChI=1S/C25H24N4O/c1-3-9-20(10-4-1)19-28-15-17-29(18-16-28)23-14-8-7-13-22(23)25-26-24(27-30-25)21-11-5-2-6-12-21/h1-14H,15-19H2. The first-order chi connectivity index (χ1) is 14.9. The maximum atomic E-state index is 5.64. The van der Waals surface area contributed by atoms with Crippen molar-refractivity contribution in [3.63, 3.8) is 0 Å². The Hall–Kier alpha value is -3.44. The summed E-state index contributed by atoms with van der Waals surface area (Å²) in [5.41, 5.74) is 4.47. The van der Waals surface area contributed by atoms with Gasteiger partial charge in [-0.1, -0.05) is 78.0 Å². The highest BCUT2D eigenvalue weighted by Gasteiger charge is 2.22. The van der Waals surface area contributed by atoms with E-state index in [1.165, 1.54) is 5.56 Å². The van der Waals surface area contributed by atoms with Crippen LogP contribution in [-0.4, -0.2) is 41.2 Å². The Morgan fingerprint density at radius 2 is 1.40 bits per heavy atom. The lowest BCUT2D eigenvalue weighted by atomic mass is 10.1. The zero-order chi connectivity index (χ0) is 20.2. The summed E-state index contributed by atoms with van der Waals surface area (Å²) < 4.78 is 5.64. The summed E-state index contributed by atoms with van der Waals surface area (Å²) in [4.78, 5) is 9.59. The SMILES string of the molecule is c1ccc(CN2CCN(c3ccccc3-c3nc(-c4ccccc4)no3)CC2)cc1.